The monoisotopic (exact) mass is 221 g/mol. The standard InChI is InChI=1S/C13H23N3/c1-3-9-14-13-15-11(2)10-16(13)12-7-5-4-6-8-12/h10,12H,3-9H2,1-2H3,(H,14,15). The van der Waals surface area contributed by atoms with Crippen LogP contribution in [-0.4, -0.2) is 16.1 Å². The van der Waals surface area contributed by atoms with Crippen LogP contribution >= 0.6 is 0 Å². The molecule has 1 aromatic heterocycles. The molecule has 3 heteroatoms. The van der Waals surface area contributed by atoms with Crippen molar-refractivity contribution in [2.24, 2.45) is 0 Å². The highest BCUT2D eigenvalue weighted by Gasteiger charge is 2.18. The first kappa shape index (κ1) is 11.5. The van der Waals surface area contributed by atoms with Gasteiger partial charge in [-0.1, -0.05) is 26.2 Å². The number of nitrogens with zero attached hydrogens (tertiary/aromatic N) is 2. The molecule has 0 saturated heterocycles. The number of hydrogen-bond acceptors (Lipinski definition) is 2. The minimum Gasteiger partial charge on any atom is -0.356 e. The topological polar surface area (TPSA) is 29.9 Å². The Labute approximate surface area is 98.3 Å². The quantitative estimate of drug-likeness (QED) is 0.843. The van der Waals surface area contributed by atoms with Gasteiger partial charge in [0.1, 0.15) is 0 Å². The molecule has 1 aromatic rings. The summed E-state index contributed by atoms with van der Waals surface area (Å²) in [6.45, 7) is 5.29. The van der Waals surface area contributed by atoms with Gasteiger partial charge in [0, 0.05) is 18.8 Å². The van der Waals surface area contributed by atoms with E-state index >= 15 is 0 Å². The van der Waals surface area contributed by atoms with Crippen molar-refractivity contribution < 1.29 is 0 Å². The van der Waals surface area contributed by atoms with E-state index in [1.807, 2.05) is 0 Å². The Balaban J connectivity index is 2.10. The fourth-order valence-electron chi connectivity index (χ4n) is 2.52. The fraction of sp³-hybridized carbons (Fsp3) is 0.769. The number of rotatable bonds is 4. The smallest absolute Gasteiger partial charge is 0.203 e. The molecule has 0 atom stereocenters. The molecule has 1 fully saturated rings. The third-order valence-electron chi connectivity index (χ3n) is 3.35. The lowest BCUT2D eigenvalue weighted by atomic mass is 9.95. The van der Waals surface area contributed by atoms with E-state index in [-0.39, 0.29) is 0 Å². The highest BCUT2D eigenvalue weighted by Crippen LogP contribution is 2.30. The van der Waals surface area contributed by atoms with E-state index in [4.69, 9.17) is 0 Å². The molecule has 0 aromatic carbocycles. The first-order valence-corrected chi connectivity index (χ1v) is 6.60. The van der Waals surface area contributed by atoms with E-state index in [0.717, 1.165) is 24.6 Å². The van der Waals surface area contributed by atoms with Crippen molar-refractivity contribution in [2.75, 3.05) is 11.9 Å². The maximum atomic E-state index is 4.58. The summed E-state index contributed by atoms with van der Waals surface area (Å²) in [5, 5.41) is 3.43. The summed E-state index contributed by atoms with van der Waals surface area (Å²) in [5.74, 6) is 1.08. The SMILES string of the molecule is CCCNc1nc(C)cn1C1CCCCC1. The summed E-state index contributed by atoms with van der Waals surface area (Å²) < 4.78 is 2.37. The third-order valence-corrected chi connectivity index (χ3v) is 3.35. The minimum atomic E-state index is 0.675. The number of aryl methyl sites for hydroxylation is 1. The van der Waals surface area contributed by atoms with Gasteiger partial charge in [0.15, 0.2) is 0 Å². The number of hydrogen-bond donors (Lipinski definition) is 1. The zero-order valence-electron chi connectivity index (χ0n) is 10.5. The fourth-order valence-corrected chi connectivity index (χ4v) is 2.52. The second kappa shape index (κ2) is 5.37. The number of anilines is 1. The Bertz CT molecular complexity index is 324. The second-order valence-electron chi connectivity index (χ2n) is 4.83. The average Bonchev–Trinajstić information content (AvgIpc) is 2.69. The van der Waals surface area contributed by atoms with E-state index in [1.54, 1.807) is 0 Å². The second-order valence-corrected chi connectivity index (χ2v) is 4.83. The normalized spacial score (nSPS) is 17.6. The lowest BCUT2D eigenvalue weighted by Gasteiger charge is -2.24. The summed E-state index contributed by atoms with van der Waals surface area (Å²) in [5.41, 5.74) is 1.13. The van der Waals surface area contributed by atoms with Crippen LogP contribution in [0.25, 0.3) is 0 Å². The van der Waals surface area contributed by atoms with Gasteiger partial charge in [0.25, 0.3) is 0 Å². The summed E-state index contributed by atoms with van der Waals surface area (Å²) in [4.78, 5) is 4.58. The van der Waals surface area contributed by atoms with Crippen molar-refractivity contribution in [2.45, 2.75) is 58.4 Å². The molecule has 1 heterocycles. The molecule has 0 bridgehead atoms. The van der Waals surface area contributed by atoms with E-state index in [0.29, 0.717) is 6.04 Å². The van der Waals surface area contributed by atoms with Gasteiger partial charge in [0.2, 0.25) is 5.95 Å². The predicted molar refractivity (Wildman–Crippen MR) is 67.9 cm³/mol. The lowest BCUT2D eigenvalue weighted by molar-refractivity contribution is 0.355. The van der Waals surface area contributed by atoms with Crippen molar-refractivity contribution >= 4 is 5.95 Å². The average molecular weight is 221 g/mol. The largest absolute Gasteiger partial charge is 0.356 e. The molecule has 1 saturated carbocycles. The van der Waals surface area contributed by atoms with Crippen LogP contribution in [0, 0.1) is 6.92 Å². The Morgan fingerprint density at radius 3 is 2.81 bits per heavy atom. The van der Waals surface area contributed by atoms with Crippen molar-refractivity contribution in [1.82, 2.24) is 9.55 Å². The molecular formula is C13H23N3. The summed E-state index contributed by atoms with van der Waals surface area (Å²) in [6, 6.07) is 0.675. The van der Waals surface area contributed by atoms with Crippen molar-refractivity contribution in [3.05, 3.63) is 11.9 Å². The van der Waals surface area contributed by atoms with Gasteiger partial charge >= 0.3 is 0 Å². The van der Waals surface area contributed by atoms with Gasteiger partial charge in [-0.2, -0.15) is 0 Å². The zero-order valence-corrected chi connectivity index (χ0v) is 10.5. The van der Waals surface area contributed by atoms with Gasteiger partial charge in [-0.15, -0.1) is 0 Å². The van der Waals surface area contributed by atoms with Crippen LogP contribution in [0.4, 0.5) is 5.95 Å². The van der Waals surface area contributed by atoms with Crippen molar-refractivity contribution in [1.29, 1.82) is 0 Å². The van der Waals surface area contributed by atoms with Crippen LogP contribution < -0.4 is 5.32 Å². The Hall–Kier alpha value is -0.990. The van der Waals surface area contributed by atoms with Gasteiger partial charge in [-0.3, -0.25) is 0 Å². The van der Waals surface area contributed by atoms with Crippen LogP contribution in [-0.2, 0) is 0 Å². The van der Waals surface area contributed by atoms with E-state index in [2.05, 4.69) is 34.9 Å². The minimum absolute atomic E-state index is 0.675. The molecule has 0 amide bonds. The highest BCUT2D eigenvalue weighted by molar-refractivity contribution is 5.29. The van der Waals surface area contributed by atoms with Crippen molar-refractivity contribution in [3.8, 4) is 0 Å². The molecule has 0 radical (unpaired) electrons. The number of imidazole rings is 1. The van der Waals surface area contributed by atoms with Gasteiger partial charge in [-0.25, -0.2) is 4.98 Å². The summed E-state index contributed by atoms with van der Waals surface area (Å²) in [6.07, 6.45) is 10.1. The summed E-state index contributed by atoms with van der Waals surface area (Å²) in [7, 11) is 0. The number of nitrogens with one attached hydrogen (secondary N) is 1. The third kappa shape index (κ3) is 2.57. The van der Waals surface area contributed by atoms with Crippen LogP contribution in [0.5, 0.6) is 0 Å². The first-order chi connectivity index (χ1) is 7.81. The molecule has 0 unspecified atom stereocenters. The first-order valence-electron chi connectivity index (χ1n) is 6.60. The van der Waals surface area contributed by atoms with Crippen LogP contribution in [0.3, 0.4) is 0 Å². The number of aromatic nitrogens is 2. The van der Waals surface area contributed by atoms with Crippen LogP contribution in [0.15, 0.2) is 6.20 Å². The molecule has 16 heavy (non-hydrogen) atoms. The Kier molecular flexibility index (Phi) is 3.86. The molecule has 90 valence electrons. The predicted octanol–water partition coefficient (Wildman–Crippen LogP) is 3.52. The van der Waals surface area contributed by atoms with Crippen molar-refractivity contribution in [3.63, 3.8) is 0 Å². The molecule has 3 nitrogen and oxygen atoms in total. The highest BCUT2D eigenvalue weighted by atomic mass is 15.2. The molecule has 1 aliphatic rings. The Morgan fingerprint density at radius 1 is 1.38 bits per heavy atom. The van der Waals surface area contributed by atoms with E-state index in [9.17, 15) is 0 Å². The maximum absolute atomic E-state index is 4.58. The lowest BCUT2D eigenvalue weighted by Crippen LogP contribution is -2.15. The van der Waals surface area contributed by atoms with Gasteiger partial charge in [0.05, 0.1) is 5.69 Å². The zero-order chi connectivity index (χ0) is 11.4. The molecule has 2 rings (SSSR count). The molecule has 1 aliphatic carbocycles. The summed E-state index contributed by atoms with van der Waals surface area (Å²) >= 11 is 0. The van der Waals surface area contributed by atoms with Gasteiger partial charge < -0.3 is 9.88 Å². The Morgan fingerprint density at radius 2 is 2.12 bits per heavy atom. The molecule has 0 aliphatic heterocycles. The van der Waals surface area contributed by atoms with Crippen LogP contribution in [0.1, 0.15) is 57.2 Å². The van der Waals surface area contributed by atoms with E-state index in [1.165, 1.54) is 32.1 Å². The molecular weight excluding hydrogens is 198 g/mol. The van der Waals surface area contributed by atoms with Crippen LogP contribution in [0.2, 0.25) is 0 Å². The maximum Gasteiger partial charge on any atom is 0.203 e. The van der Waals surface area contributed by atoms with E-state index < -0.39 is 0 Å². The van der Waals surface area contributed by atoms with Gasteiger partial charge in [-0.05, 0) is 26.2 Å². The molecule has 1 N–H and O–H groups in total. The molecule has 0 spiro atoms.